The highest BCUT2D eigenvalue weighted by Gasteiger charge is 2.24. The first-order valence-electron chi connectivity index (χ1n) is 5.12. The molecule has 1 aromatic rings. The second-order valence-corrected chi connectivity index (χ2v) is 4.55. The first-order chi connectivity index (χ1) is 6.72. The van der Waals surface area contributed by atoms with Crippen LogP contribution in [-0.2, 0) is 0 Å². The van der Waals surface area contributed by atoms with Crippen molar-refractivity contribution in [1.82, 2.24) is 0 Å². The molecular formula is C12H15ClO. The minimum Gasteiger partial charge on any atom is -0.396 e. The molecule has 1 aliphatic carbocycles. The third-order valence-electron chi connectivity index (χ3n) is 2.87. The molecule has 0 spiro atoms. The Kier molecular flexibility index (Phi) is 2.80. The molecule has 1 atom stereocenters. The molecule has 2 heteroatoms. The average Bonchev–Trinajstić information content (AvgIpc) is 3.01. The zero-order valence-electron chi connectivity index (χ0n) is 8.33. The van der Waals surface area contributed by atoms with E-state index in [9.17, 15) is 0 Å². The van der Waals surface area contributed by atoms with Crippen molar-refractivity contribution in [2.75, 3.05) is 6.61 Å². The van der Waals surface area contributed by atoms with Gasteiger partial charge in [-0.25, -0.2) is 0 Å². The van der Waals surface area contributed by atoms with E-state index in [1.165, 1.54) is 18.4 Å². The molecule has 1 fully saturated rings. The lowest BCUT2D eigenvalue weighted by atomic mass is 9.98. The summed E-state index contributed by atoms with van der Waals surface area (Å²) in [6.07, 6.45) is 2.60. The lowest BCUT2D eigenvalue weighted by Crippen LogP contribution is -2.00. The summed E-state index contributed by atoms with van der Waals surface area (Å²) in [4.78, 5) is 0. The van der Waals surface area contributed by atoms with Crippen LogP contribution >= 0.6 is 11.6 Å². The molecule has 76 valence electrons. The number of benzene rings is 1. The topological polar surface area (TPSA) is 20.2 Å². The van der Waals surface area contributed by atoms with E-state index in [1.807, 2.05) is 13.0 Å². The summed E-state index contributed by atoms with van der Waals surface area (Å²) >= 11 is 6.08. The number of hydrogen-bond donors (Lipinski definition) is 1. The summed E-state index contributed by atoms with van der Waals surface area (Å²) in [6, 6.07) is 6.21. The van der Waals surface area contributed by atoms with Gasteiger partial charge in [-0.1, -0.05) is 30.7 Å². The lowest BCUT2D eigenvalue weighted by molar-refractivity contribution is 0.273. The van der Waals surface area contributed by atoms with Gasteiger partial charge in [0.05, 0.1) is 0 Å². The molecule has 1 aliphatic rings. The molecule has 1 nitrogen and oxygen atoms in total. The van der Waals surface area contributed by atoms with Gasteiger partial charge in [0, 0.05) is 17.5 Å². The SMILES string of the molecule is CC(CO)c1cc(C2CC2)ccc1Cl. The third-order valence-corrected chi connectivity index (χ3v) is 3.22. The molecule has 2 rings (SSSR count). The van der Waals surface area contributed by atoms with Crippen molar-refractivity contribution in [3.8, 4) is 0 Å². The lowest BCUT2D eigenvalue weighted by Gasteiger charge is -2.12. The highest BCUT2D eigenvalue weighted by Crippen LogP contribution is 2.41. The number of aliphatic hydroxyl groups excluding tert-OH is 1. The van der Waals surface area contributed by atoms with E-state index in [0.717, 1.165) is 16.5 Å². The first kappa shape index (κ1) is 10.0. The van der Waals surface area contributed by atoms with Crippen molar-refractivity contribution in [1.29, 1.82) is 0 Å². The summed E-state index contributed by atoms with van der Waals surface area (Å²) in [6.45, 7) is 2.16. The predicted molar refractivity (Wildman–Crippen MR) is 58.9 cm³/mol. The summed E-state index contributed by atoms with van der Waals surface area (Å²) in [5.74, 6) is 0.887. The van der Waals surface area contributed by atoms with Crippen molar-refractivity contribution in [2.24, 2.45) is 0 Å². The Hall–Kier alpha value is -0.530. The van der Waals surface area contributed by atoms with Gasteiger partial charge in [-0.3, -0.25) is 0 Å². The van der Waals surface area contributed by atoms with E-state index in [4.69, 9.17) is 16.7 Å². The van der Waals surface area contributed by atoms with E-state index in [1.54, 1.807) is 0 Å². The van der Waals surface area contributed by atoms with Crippen LogP contribution in [-0.4, -0.2) is 11.7 Å². The van der Waals surface area contributed by atoms with E-state index < -0.39 is 0 Å². The van der Waals surface area contributed by atoms with Gasteiger partial charge in [-0.2, -0.15) is 0 Å². The van der Waals surface area contributed by atoms with Gasteiger partial charge in [0.25, 0.3) is 0 Å². The van der Waals surface area contributed by atoms with Gasteiger partial charge in [0.15, 0.2) is 0 Å². The number of aliphatic hydroxyl groups is 1. The molecule has 1 unspecified atom stereocenters. The van der Waals surface area contributed by atoms with E-state index >= 15 is 0 Å². The van der Waals surface area contributed by atoms with Crippen LogP contribution < -0.4 is 0 Å². The quantitative estimate of drug-likeness (QED) is 0.812. The minimum atomic E-state index is 0.140. The number of hydrogen-bond acceptors (Lipinski definition) is 1. The molecule has 0 heterocycles. The van der Waals surface area contributed by atoms with Gasteiger partial charge in [0.1, 0.15) is 0 Å². The molecule has 14 heavy (non-hydrogen) atoms. The van der Waals surface area contributed by atoms with Crippen LogP contribution in [0.15, 0.2) is 18.2 Å². The maximum Gasteiger partial charge on any atom is 0.0497 e. The molecule has 0 bridgehead atoms. The fraction of sp³-hybridized carbons (Fsp3) is 0.500. The maximum absolute atomic E-state index is 9.10. The zero-order chi connectivity index (χ0) is 10.1. The number of halogens is 1. The Morgan fingerprint density at radius 1 is 1.50 bits per heavy atom. The molecule has 0 aliphatic heterocycles. The van der Waals surface area contributed by atoms with Crippen LogP contribution in [0.1, 0.15) is 42.7 Å². The summed E-state index contributed by atoms with van der Waals surface area (Å²) < 4.78 is 0. The van der Waals surface area contributed by atoms with Gasteiger partial charge in [-0.15, -0.1) is 0 Å². The van der Waals surface area contributed by atoms with Crippen LogP contribution in [0.25, 0.3) is 0 Å². The van der Waals surface area contributed by atoms with Crippen molar-refractivity contribution >= 4 is 11.6 Å². The van der Waals surface area contributed by atoms with E-state index in [0.29, 0.717) is 0 Å². The van der Waals surface area contributed by atoms with Crippen LogP contribution in [0.3, 0.4) is 0 Å². The summed E-state index contributed by atoms with van der Waals surface area (Å²) in [5.41, 5.74) is 2.46. The molecule has 0 aromatic heterocycles. The van der Waals surface area contributed by atoms with Crippen LogP contribution in [0.4, 0.5) is 0 Å². The minimum absolute atomic E-state index is 0.140. The highest BCUT2D eigenvalue weighted by atomic mass is 35.5. The monoisotopic (exact) mass is 210 g/mol. The van der Waals surface area contributed by atoms with Crippen LogP contribution in [0, 0.1) is 0 Å². The fourth-order valence-electron chi connectivity index (χ4n) is 1.71. The standard InChI is InChI=1S/C12H15ClO/c1-8(7-14)11-6-10(9-2-3-9)4-5-12(11)13/h4-6,8-9,14H,2-3,7H2,1H3. The zero-order valence-corrected chi connectivity index (χ0v) is 9.09. The van der Waals surface area contributed by atoms with Gasteiger partial charge in [0.2, 0.25) is 0 Å². The largest absolute Gasteiger partial charge is 0.396 e. The second-order valence-electron chi connectivity index (χ2n) is 4.14. The molecule has 1 N–H and O–H groups in total. The summed E-state index contributed by atoms with van der Waals surface area (Å²) in [7, 11) is 0. The van der Waals surface area contributed by atoms with Crippen LogP contribution in [0.5, 0.6) is 0 Å². The molecule has 1 saturated carbocycles. The van der Waals surface area contributed by atoms with E-state index in [2.05, 4.69) is 12.1 Å². The van der Waals surface area contributed by atoms with Crippen molar-refractivity contribution in [3.05, 3.63) is 34.3 Å². The molecule has 0 amide bonds. The third kappa shape index (κ3) is 1.94. The van der Waals surface area contributed by atoms with Crippen molar-refractivity contribution in [3.63, 3.8) is 0 Å². The van der Waals surface area contributed by atoms with Gasteiger partial charge in [-0.05, 0) is 36.0 Å². The Balaban J connectivity index is 2.31. The maximum atomic E-state index is 9.10. The first-order valence-corrected chi connectivity index (χ1v) is 5.50. The number of rotatable bonds is 3. The normalized spacial score (nSPS) is 18.2. The molecule has 0 radical (unpaired) electrons. The Morgan fingerprint density at radius 2 is 2.21 bits per heavy atom. The predicted octanol–water partition coefficient (Wildman–Crippen LogP) is 3.31. The second kappa shape index (κ2) is 3.92. The van der Waals surface area contributed by atoms with Crippen molar-refractivity contribution < 1.29 is 5.11 Å². The fourth-order valence-corrected chi connectivity index (χ4v) is 2.01. The highest BCUT2D eigenvalue weighted by molar-refractivity contribution is 6.31. The van der Waals surface area contributed by atoms with Gasteiger partial charge < -0.3 is 5.11 Å². The van der Waals surface area contributed by atoms with Crippen LogP contribution in [0.2, 0.25) is 5.02 Å². The van der Waals surface area contributed by atoms with Gasteiger partial charge >= 0.3 is 0 Å². The molecular weight excluding hydrogens is 196 g/mol. The Bertz CT molecular complexity index is 331. The molecule has 0 saturated heterocycles. The Labute approximate surface area is 89.7 Å². The molecule has 1 aromatic carbocycles. The average molecular weight is 211 g/mol. The smallest absolute Gasteiger partial charge is 0.0497 e. The van der Waals surface area contributed by atoms with Crippen molar-refractivity contribution in [2.45, 2.75) is 31.6 Å². The summed E-state index contributed by atoms with van der Waals surface area (Å²) in [5, 5.41) is 9.87. The van der Waals surface area contributed by atoms with E-state index in [-0.39, 0.29) is 12.5 Å². The Morgan fingerprint density at radius 3 is 2.79 bits per heavy atom.